The van der Waals surface area contributed by atoms with E-state index in [0.717, 1.165) is 42.3 Å². The van der Waals surface area contributed by atoms with E-state index in [1.54, 1.807) is 10.6 Å². The van der Waals surface area contributed by atoms with E-state index in [9.17, 15) is 9.59 Å². The molecule has 0 bridgehead atoms. The third kappa shape index (κ3) is 3.38. The summed E-state index contributed by atoms with van der Waals surface area (Å²) in [4.78, 5) is 35.0. The molecule has 156 valence electrons. The highest BCUT2D eigenvalue weighted by atomic mass is 16.5. The number of aryl methyl sites for hydroxylation is 1. The maximum atomic E-state index is 13.6. The monoisotopic (exact) mass is 413 g/mol. The van der Waals surface area contributed by atoms with Crippen molar-refractivity contribution in [3.63, 3.8) is 0 Å². The Balaban J connectivity index is 1.47. The van der Waals surface area contributed by atoms with Crippen molar-refractivity contribution >= 4 is 33.8 Å². The Morgan fingerprint density at radius 2 is 1.77 bits per heavy atom. The molecule has 5 rings (SSSR count). The maximum Gasteiger partial charge on any atom is 0.359 e. The lowest BCUT2D eigenvalue weighted by Crippen LogP contribution is -2.32. The summed E-state index contributed by atoms with van der Waals surface area (Å²) in [6, 6.07) is 15.3. The number of benzene rings is 2. The van der Waals surface area contributed by atoms with Gasteiger partial charge in [-0.25, -0.2) is 9.78 Å². The third-order valence-corrected chi connectivity index (χ3v) is 5.95. The molecule has 0 radical (unpaired) electrons. The average molecular weight is 413 g/mol. The molecule has 4 aromatic rings. The molecule has 0 spiro atoms. The maximum absolute atomic E-state index is 13.6. The molecule has 0 saturated carbocycles. The van der Waals surface area contributed by atoms with Crippen molar-refractivity contribution in [1.82, 2.24) is 14.5 Å². The molecule has 0 aliphatic heterocycles. The van der Waals surface area contributed by atoms with Crippen LogP contribution in [0.1, 0.15) is 52.7 Å². The van der Waals surface area contributed by atoms with E-state index < -0.39 is 12.1 Å². The topological polar surface area (TPSA) is 74.1 Å². The van der Waals surface area contributed by atoms with E-state index in [2.05, 4.69) is 16.0 Å². The number of hydrogen-bond acceptors (Lipinski definition) is 5. The van der Waals surface area contributed by atoms with Crippen LogP contribution in [-0.4, -0.2) is 32.5 Å². The van der Waals surface area contributed by atoms with E-state index in [1.165, 1.54) is 11.8 Å². The van der Waals surface area contributed by atoms with E-state index in [4.69, 9.17) is 4.74 Å². The number of esters is 1. The first-order valence-electron chi connectivity index (χ1n) is 10.8. The van der Waals surface area contributed by atoms with Crippen molar-refractivity contribution in [3.05, 3.63) is 71.7 Å². The zero-order chi connectivity index (χ0) is 21.4. The van der Waals surface area contributed by atoms with Crippen molar-refractivity contribution in [2.75, 3.05) is 0 Å². The van der Waals surface area contributed by atoms with Crippen molar-refractivity contribution in [1.29, 1.82) is 0 Å². The van der Waals surface area contributed by atoms with Crippen molar-refractivity contribution in [2.45, 2.75) is 45.1 Å². The van der Waals surface area contributed by atoms with Crippen LogP contribution in [0.5, 0.6) is 0 Å². The fraction of sp³-hybridized carbons (Fsp3) is 0.280. The van der Waals surface area contributed by atoms with Gasteiger partial charge in [0.05, 0.1) is 22.7 Å². The molecule has 1 unspecified atom stereocenters. The molecular weight excluding hydrogens is 390 g/mol. The second kappa shape index (κ2) is 7.95. The highest BCUT2D eigenvalue weighted by Gasteiger charge is 2.30. The van der Waals surface area contributed by atoms with Crippen LogP contribution in [0.25, 0.3) is 21.9 Å². The molecule has 0 amide bonds. The molecule has 31 heavy (non-hydrogen) atoms. The van der Waals surface area contributed by atoms with E-state index in [1.807, 2.05) is 43.3 Å². The molecule has 2 aromatic heterocycles. The Morgan fingerprint density at radius 1 is 1.03 bits per heavy atom. The van der Waals surface area contributed by atoms with E-state index >= 15 is 0 Å². The van der Waals surface area contributed by atoms with Gasteiger partial charge in [0.15, 0.2) is 11.8 Å². The number of fused-ring (bicyclic) bond motifs is 4. The number of nitrogens with zero attached hydrogens (tertiary/aromatic N) is 3. The van der Waals surface area contributed by atoms with Gasteiger partial charge in [0, 0.05) is 11.1 Å². The number of para-hydroxylation sites is 3. The van der Waals surface area contributed by atoms with Crippen LogP contribution in [0, 0.1) is 0 Å². The Morgan fingerprint density at radius 3 is 2.61 bits per heavy atom. The molecule has 2 aromatic carbocycles. The lowest BCUT2D eigenvalue weighted by Gasteiger charge is -2.19. The summed E-state index contributed by atoms with van der Waals surface area (Å²) >= 11 is 0. The summed E-state index contributed by atoms with van der Waals surface area (Å²) in [5, 5.41) is 1.12. The minimum absolute atomic E-state index is 0.101. The minimum Gasteiger partial charge on any atom is -0.447 e. The molecule has 2 heterocycles. The number of hydrogen-bond donors (Lipinski definition) is 0. The van der Waals surface area contributed by atoms with Gasteiger partial charge in [-0.15, -0.1) is 0 Å². The summed E-state index contributed by atoms with van der Waals surface area (Å²) in [5.74, 6) is -0.840. The van der Waals surface area contributed by atoms with Gasteiger partial charge in [0.2, 0.25) is 0 Å². The third-order valence-electron chi connectivity index (χ3n) is 5.95. The summed E-state index contributed by atoms with van der Waals surface area (Å²) in [7, 11) is 0. The summed E-state index contributed by atoms with van der Waals surface area (Å²) in [6.07, 6.45) is 4.90. The Labute approximate surface area is 179 Å². The van der Waals surface area contributed by atoms with Gasteiger partial charge < -0.3 is 4.74 Å². The molecule has 1 aliphatic carbocycles. The van der Waals surface area contributed by atoms with E-state index in [-0.39, 0.29) is 11.6 Å². The molecule has 6 heteroatoms. The SMILES string of the molecule is CCC(OC(=O)c1cnc2ccccc2n1)C(=O)n1c2c(c3ccccc31)CCCC2. The number of rotatable bonds is 4. The number of aromatic nitrogens is 3. The smallest absolute Gasteiger partial charge is 0.359 e. The standard InChI is InChI=1S/C25H23N3O3/c1-2-23(31-25(30)20-15-26-18-11-5-6-12-19(18)27-20)24(29)28-21-13-7-3-9-16(21)17-10-4-8-14-22(17)28/h3,5-7,9,11-13,15,23H,2,4,8,10,14H2,1H3. The second-order valence-electron chi connectivity index (χ2n) is 7.87. The molecule has 6 nitrogen and oxygen atoms in total. The van der Waals surface area contributed by atoms with Crippen LogP contribution in [0.2, 0.25) is 0 Å². The minimum atomic E-state index is -0.886. The van der Waals surface area contributed by atoms with E-state index in [0.29, 0.717) is 17.5 Å². The Bertz CT molecular complexity index is 1310. The average Bonchev–Trinajstić information content (AvgIpc) is 3.16. The molecule has 1 atom stereocenters. The van der Waals surface area contributed by atoms with Crippen LogP contribution in [0.15, 0.2) is 54.7 Å². The lowest BCUT2D eigenvalue weighted by atomic mass is 9.95. The van der Waals surface area contributed by atoms with Crippen molar-refractivity contribution in [3.8, 4) is 0 Å². The van der Waals surface area contributed by atoms with Gasteiger partial charge in [-0.1, -0.05) is 37.3 Å². The number of carbonyl (C=O) groups is 2. The fourth-order valence-corrected chi connectivity index (χ4v) is 4.44. The van der Waals surface area contributed by atoms with Gasteiger partial charge in [-0.2, -0.15) is 0 Å². The highest BCUT2D eigenvalue weighted by molar-refractivity contribution is 5.99. The molecule has 0 saturated heterocycles. The van der Waals surface area contributed by atoms with Crippen molar-refractivity contribution in [2.24, 2.45) is 0 Å². The quantitative estimate of drug-likeness (QED) is 0.452. The van der Waals surface area contributed by atoms with Crippen LogP contribution < -0.4 is 0 Å². The second-order valence-corrected chi connectivity index (χ2v) is 7.87. The largest absolute Gasteiger partial charge is 0.447 e. The first kappa shape index (κ1) is 19.4. The van der Waals surface area contributed by atoms with Gasteiger partial charge >= 0.3 is 5.97 Å². The zero-order valence-electron chi connectivity index (χ0n) is 17.4. The summed E-state index contributed by atoms with van der Waals surface area (Å²) in [5.41, 5.74) is 4.60. The van der Waals surface area contributed by atoms with Crippen molar-refractivity contribution < 1.29 is 14.3 Å². The molecule has 1 aliphatic rings. The number of carbonyl (C=O) groups excluding carboxylic acids is 2. The van der Waals surface area contributed by atoms with Crippen LogP contribution >= 0.6 is 0 Å². The summed E-state index contributed by atoms with van der Waals surface area (Å²) < 4.78 is 7.42. The Kier molecular flexibility index (Phi) is 4.98. The zero-order valence-corrected chi connectivity index (χ0v) is 17.4. The van der Waals surface area contributed by atoms with Gasteiger partial charge in [0.1, 0.15) is 0 Å². The first-order chi connectivity index (χ1) is 15.2. The summed E-state index contributed by atoms with van der Waals surface area (Å²) in [6.45, 7) is 1.85. The molecule has 0 fully saturated rings. The normalized spacial score (nSPS) is 14.4. The predicted molar refractivity (Wildman–Crippen MR) is 118 cm³/mol. The number of ether oxygens (including phenoxy) is 1. The first-order valence-corrected chi connectivity index (χ1v) is 10.8. The van der Waals surface area contributed by atoms with Gasteiger partial charge in [-0.3, -0.25) is 14.3 Å². The van der Waals surface area contributed by atoms with Crippen LogP contribution in [0.3, 0.4) is 0 Å². The predicted octanol–water partition coefficient (Wildman–Crippen LogP) is 4.74. The fourth-order valence-electron chi connectivity index (χ4n) is 4.44. The lowest BCUT2D eigenvalue weighted by molar-refractivity contribution is 0.0236. The molecular formula is C25H23N3O3. The highest BCUT2D eigenvalue weighted by Crippen LogP contribution is 2.32. The molecule has 0 N–H and O–H groups in total. The Hall–Kier alpha value is -3.54. The van der Waals surface area contributed by atoms with Gasteiger partial charge in [-0.05, 0) is 55.9 Å². The van der Waals surface area contributed by atoms with Gasteiger partial charge in [0.25, 0.3) is 5.91 Å². The van der Waals surface area contributed by atoms with Crippen LogP contribution in [-0.2, 0) is 17.6 Å². The van der Waals surface area contributed by atoms with Crippen LogP contribution in [0.4, 0.5) is 0 Å².